The molecule has 180 valence electrons. The summed E-state index contributed by atoms with van der Waals surface area (Å²) in [6.45, 7) is 4.07. The molecule has 0 radical (unpaired) electrons. The van der Waals surface area contributed by atoms with Crippen LogP contribution < -0.4 is 14.4 Å². The SMILES string of the molecule is COc1ccccc1N(CC(=O)NCCSCc1ccccc1C)S(=O)(=O)c1ccc(C)cc1. The molecule has 0 atom stereocenters. The van der Waals surface area contributed by atoms with E-state index in [4.69, 9.17) is 4.74 Å². The smallest absolute Gasteiger partial charge is 0.264 e. The predicted molar refractivity (Wildman–Crippen MR) is 139 cm³/mol. The van der Waals surface area contributed by atoms with E-state index in [2.05, 4.69) is 24.4 Å². The summed E-state index contributed by atoms with van der Waals surface area (Å²) in [4.78, 5) is 12.9. The number of para-hydroxylation sites is 2. The lowest BCUT2D eigenvalue weighted by Crippen LogP contribution is -2.41. The van der Waals surface area contributed by atoms with Gasteiger partial charge in [0, 0.05) is 18.1 Å². The first-order chi connectivity index (χ1) is 16.3. The third kappa shape index (κ3) is 6.55. The van der Waals surface area contributed by atoms with Crippen molar-refractivity contribution in [1.29, 1.82) is 0 Å². The van der Waals surface area contributed by atoms with Gasteiger partial charge in [-0.3, -0.25) is 9.10 Å². The minimum atomic E-state index is -3.99. The minimum Gasteiger partial charge on any atom is -0.495 e. The number of amides is 1. The molecule has 34 heavy (non-hydrogen) atoms. The number of ether oxygens (including phenoxy) is 1. The van der Waals surface area contributed by atoms with Gasteiger partial charge in [0.15, 0.2) is 0 Å². The fourth-order valence-electron chi connectivity index (χ4n) is 3.38. The zero-order valence-electron chi connectivity index (χ0n) is 19.7. The molecule has 1 N–H and O–H groups in total. The van der Waals surface area contributed by atoms with Crippen molar-refractivity contribution in [2.24, 2.45) is 0 Å². The number of carbonyl (C=O) groups excluding carboxylic acids is 1. The Morgan fingerprint density at radius 3 is 2.35 bits per heavy atom. The van der Waals surface area contributed by atoms with E-state index < -0.39 is 10.0 Å². The number of carbonyl (C=O) groups is 1. The minimum absolute atomic E-state index is 0.116. The van der Waals surface area contributed by atoms with Crippen LogP contribution in [0.15, 0.2) is 77.7 Å². The molecule has 6 nitrogen and oxygen atoms in total. The monoisotopic (exact) mass is 498 g/mol. The van der Waals surface area contributed by atoms with E-state index in [0.717, 1.165) is 21.4 Å². The number of rotatable bonds is 11. The second-order valence-corrected chi connectivity index (χ2v) is 10.8. The summed E-state index contributed by atoms with van der Waals surface area (Å²) in [6, 6.07) is 21.6. The molecule has 0 aliphatic carbocycles. The zero-order chi connectivity index (χ0) is 24.6. The highest BCUT2D eigenvalue weighted by atomic mass is 32.2. The van der Waals surface area contributed by atoms with Crippen molar-refractivity contribution >= 4 is 33.4 Å². The Morgan fingerprint density at radius 1 is 0.971 bits per heavy atom. The molecule has 0 bridgehead atoms. The van der Waals surface area contributed by atoms with Crippen LogP contribution in [-0.4, -0.2) is 40.3 Å². The predicted octanol–water partition coefficient (Wildman–Crippen LogP) is 4.56. The van der Waals surface area contributed by atoms with Crippen LogP contribution in [0.2, 0.25) is 0 Å². The maximum absolute atomic E-state index is 13.5. The molecular weight excluding hydrogens is 468 g/mol. The molecule has 1 amide bonds. The fraction of sp³-hybridized carbons (Fsp3) is 0.269. The Hall–Kier alpha value is -2.97. The van der Waals surface area contributed by atoms with Crippen molar-refractivity contribution in [2.75, 3.05) is 30.3 Å². The average molecular weight is 499 g/mol. The Bertz CT molecular complexity index is 1210. The van der Waals surface area contributed by atoms with Gasteiger partial charge in [0.2, 0.25) is 5.91 Å². The van der Waals surface area contributed by atoms with Gasteiger partial charge in [0.1, 0.15) is 12.3 Å². The first kappa shape index (κ1) is 25.6. The topological polar surface area (TPSA) is 75.7 Å². The van der Waals surface area contributed by atoms with E-state index >= 15 is 0 Å². The van der Waals surface area contributed by atoms with Crippen LogP contribution in [0.3, 0.4) is 0 Å². The molecule has 0 spiro atoms. The molecule has 0 unspecified atom stereocenters. The molecule has 0 aliphatic heterocycles. The second kappa shape index (κ2) is 11.9. The number of aryl methyl sites for hydroxylation is 2. The maximum Gasteiger partial charge on any atom is 0.264 e. The van der Waals surface area contributed by atoms with Crippen LogP contribution in [0.1, 0.15) is 16.7 Å². The zero-order valence-corrected chi connectivity index (χ0v) is 21.3. The molecule has 3 rings (SSSR count). The number of nitrogens with zero attached hydrogens (tertiary/aromatic N) is 1. The first-order valence-corrected chi connectivity index (χ1v) is 13.5. The number of methoxy groups -OCH3 is 1. The number of nitrogens with one attached hydrogen (secondary N) is 1. The van der Waals surface area contributed by atoms with Crippen LogP contribution in [0.25, 0.3) is 0 Å². The number of anilines is 1. The van der Waals surface area contributed by atoms with Crippen LogP contribution in [0.5, 0.6) is 5.75 Å². The van der Waals surface area contributed by atoms with Gasteiger partial charge in [-0.05, 0) is 49.2 Å². The standard InChI is InChI=1S/C26H30N2O4S2/c1-20-12-14-23(15-13-20)34(30,31)28(24-10-6-7-11-25(24)32-3)18-26(29)27-16-17-33-19-22-9-5-4-8-21(22)2/h4-15H,16-19H2,1-3H3,(H,27,29). The third-order valence-electron chi connectivity index (χ3n) is 5.34. The Morgan fingerprint density at radius 2 is 1.65 bits per heavy atom. The number of thioether (sulfide) groups is 1. The van der Waals surface area contributed by atoms with Crippen molar-refractivity contribution in [2.45, 2.75) is 24.5 Å². The Labute approximate surface area is 206 Å². The van der Waals surface area contributed by atoms with Gasteiger partial charge >= 0.3 is 0 Å². The summed E-state index contributed by atoms with van der Waals surface area (Å²) < 4.78 is 33.5. The average Bonchev–Trinajstić information content (AvgIpc) is 2.83. The van der Waals surface area contributed by atoms with Gasteiger partial charge in [-0.1, -0.05) is 54.1 Å². The molecule has 0 aromatic heterocycles. The molecular formula is C26H30N2O4S2. The maximum atomic E-state index is 13.5. The highest BCUT2D eigenvalue weighted by molar-refractivity contribution is 7.98. The summed E-state index contributed by atoms with van der Waals surface area (Å²) >= 11 is 1.72. The highest BCUT2D eigenvalue weighted by Crippen LogP contribution is 2.32. The van der Waals surface area contributed by atoms with Gasteiger partial charge in [0.25, 0.3) is 10.0 Å². The number of hydrogen-bond donors (Lipinski definition) is 1. The Kier molecular flexibility index (Phi) is 9.01. The summed E-state index contributed by atoms with van der Waals surface area (Å²) in [5.74, 6) is 1.58. The van der Waals surface area contributed by atoms with Crippen molar-refractivity contribution < 1.29 is 17.9 Å². The van der Waals surface area contributed by atoms with E-state index in [-0.39, 0.29) is 17.3 Å². The van der Waals surface area contributed by atoms with Crippen LogP contribution in [0, 0.1) is 13.8 Å². The van der Waals surface area contributed by atoms with Crippen molar-refractivity contribution in [1.82, 2.24) is 5.32 Å². The fourth-order valence-corrected chi connectivity index (χ4v) is 5.74. The van der Waals surface area contributed by atoms with Crippen molar-refractivity contribution in [3.05, 3.63) is 89.5 Å². The molecule has 3 aromatic rings. The molecule has 0 heterocycles. The molecule has 0 saturated carbocycles. The van der Waals surface area contributed by atoms with E-state index in [9.17, 15) is 13.2 Å². The normalized spacial score (nSPS) is 11.1. The molecule has 8 heteroatoms. The van der Waals surface area contributed by atoms with Crippen molar-refractivity contribution in [3.63, 3.8) is 0 Å². The summed E-state index contributed by atoms with van der Waals surface area (Å²) in [6.07, 6.45) is 0. The lowest BCUT2D eigenvalue weighted by atomic mass is 10.1. The first-order valence-electron chi connectivity index (χ1n) is 10.9. The van der Waals surface area contributed by atoms with Crippen LogP contribution in [0.4, 0.5) is 5.69 Å². The molecule has 0 fully saturated rings. The van der Waals surface area contributed by atoms with Gasteiger partial charge in [-0.15, -0.1) is 0 Å². The Balaban J connectivity index is 1.69. The van der Waals surface area contributed by atoms with E-state index in [1.165, 1.54) is 18.2 Å². The molecule has 3 aromatic carbocycles. The van der Waals surface area contributed by atoms with Gasteiger partial charge in [-0.2, -0.15) is 11.8 Å². The summed E-state index contributed by atoms with van der Waals surface area (Å²) in [5.41, 5.74) is 3.77. The van der Waals surface area contributed by atoms with E-state index in [1.807, 2.05) is 19.1 Å². The summed E-state index contributed by atoms with van der Waals surface area (Å²) in [5, 5.41) is 2.85. The molecule has 0 saturated heterocycles. The summed E-state index contributed by atoms with van der Waals surface area (Å²) in [7, 11) is -2.51. The van der Waals surface area contributed by atoms with Gasteiger partial charge < -0.3 is 10.1 Å². The largest absolute Gasteiger partial charge is 0.495 e. The van der Waals surface area contributed by atoms with E-state index in [0.29, 0.717) is 18.0 Å². The number of sulfonamides is 1. The number of hydrogen-bond acceptors (Lipinski definition) is 5. The van der Waals surface area contributed by atoms with E-state index in [1.54, 1.807) is 60.3 Å². The molecule has 0 aliphatic rings. The van der Waals surface area contributed by atoms with Gasteiger partial charge in [0.05, 0.1) is 17.7 Å². The van der Waals surface area contributed by atoms with Crippen LogP contribution in [-0.2, 0) is 20.6 Å². The second-order valence-electron chi connectivity index (χ2n) is 7.83. The lowest BCUT2D eigenvalue weighted by Gasteiger charge is -2.25. The lowest BCUT2D eigenvalue weighted by molar-refractivity contribution is -0.119. The van der Waals surface area contributed by atoms with Crippen LogP contribution >= 0.6 is 11.8 Å². The quantitative estimate of drug-likeness (QED) is 0.393. The third-order valence-corrected chi connectivity index (χ3v) is 8.12. The van der Waals surface area contributed by atoms with Gasteiger partial charge in [-0.25, -0.2) is 8.42 Å². The van der Waals surface area contributed by atoms with Crippen molar-refractivity contribution in [3.8, 4) is 5.75 Å². The number of benzene rings is 3. The highest BCUT2D eigenvalue weighted by Gasteiger charge is 2.29.